The fraction of sp³-hybridized carbons (Fsp3) is 0.538. The lowest BCUT2D eigenvalue weighted by Crippen LogP contribution is -2.30. The summed E-state index contributed by atoms with van der Waals surface area (Å²) < 4.78 is 1.82. The van der Waals surface area contributed by atoms with Gasteiger partial charge in [-0.3, -0.25) is 9.48 Å². The predicted octanol–water partition coefficient (Wildman–Crippen LogP) is 1.96. The van der Waals surface area contributed by atoms with E-state index in [0.29, 0.717) is 0 Å². The summed E-state index contributed by atoms with van der Waals surface area (Å²) in [6, 6.07) is 0.211. The first-order valence-corrected chi connectivity index (χ1v) is 5.94. The summed E-state index contributed by atoms with van der Waals surface area (Å²) in [6.45, 7) is 7.97. The van der Waals surface area contributed by atoms with Gasteiger partial charge in [0.15, 0.2) is 0 Å². The van der Waals surface area contributed by atoms with Gasteiger partial charge in [-0.15, -0.1) is 0 Å². The van der Waals surface area contributed by atoms with Crippen LogP contribution in [0.2, 0.25) is 0 Å². The summed E-state index contributed by atoms with van der Waals surface area (Å²) in [5.74, 6) is -0.0537. The number of hydrogen-bond donors (Lipinski definition) is 1. The zero-order valence-electron chi connectivity index (χ0n) is 11.2. The second-order valence-corrected chi connectivity index (χ2v) is 4.36. The molecule has 1 atom stereocenters. The molecule has 0 saturated heterocycles. The lowest BCUT2D eigenvalue weighted by atomic mass is 10.2. The van der Waals surface area contributed by atoms with E-state index in [1.807, 2.05) is 45.5 Å². The van der Waals surface area contributed by atoms with Crippen LogP contribution in [-0.4, -0.2) is 21.7 Å². The average Bonchev–Trinajstić information content (AvgIpc) is 2.51. The van der Waals surface area contributed by atoms with Gasteiger partial charge in [-0.05, 0) is 33.3 Å². The van der Waals surface area contributed by atoms with Crippen molar-refractivity contribution < 1.29 is 4.79 Å². The predicted molar refractivity (Wildman–Crippen MR) is 69.6 cm³/mol. The van der Waals surface area contributed by atoms with E-state index in [1.165, 1.54) is 0 Å². The van der Waals surface area contributed by atoms with Crippen LogP contribution in [0.4, 0.5) is 0 Å². The molecule has 1 amide bonds. The molecule has 0 spiro atoms. The molecule has 1 rings (SSSR count). The van der Waals surface area contributed by atoms with Crippen LogP contribution in [0.25, 0.3) is 6.08 Å². The second kappa shape index (κ2) is 5.66. The number of carbonyl (C=O) groups excluding carboxylic acids is 1. The largest absolute Gasteiger partial charge is 0.350 e. The molecule has 0 aliphatic heterocycles. The van der Waals surface area contributed by atoms with Gasteiger partial charge in [0.25, 0.3) is 0 Å². The van der Waals surface area contributed by atoms with Crippen LogP contribution in [0.5, 0.6) is 0 Å². The molecule has 0 unspecified atom stereocenters. The van der Waals surface area contributed by atoms with Gasteiger partial charge in [0.1, 0.15) is 0 Å². The van der Waals surface area contributed by atoms with E-state index in [-0.39, 0.29) is 11.9 Å². The Labute approximate surface area is 103 Å². The Bertz CT molecular complexity index is 432. The Morgan fingerprint density at radius 3 is 2.65 bits per heavy atom. The van der Waals surface area contributed by atoms with Gasteiger partial charge in [0, 0.05) is 30.4 Å². The molecule has 1 N–H and O–H groups in total. The van der Waals surface area contributed by atoms with Gasteiger partial charge in [-0.1, -0.05) is 6.92 Å². The molecule has 0 radical (unpaired) electrons. The fourth-order valence-electron chi connectivity index (χ4n) is 1.58. The van der Waals surface area contributed by atoms with Crippen molar-refractivity contribution in [1.82, 2.24) is 15.1 Å². The van der Waals surface area contributed by atoms with E-state index in [0.717, 1.165) is 23.4 Å². The Hall–Kier alpha value is -1.58. The molecule has 0 aliphatic rings. The normalized spacial score (nSPS) is 13.0. The maximum Gasteiger partial charge on any atom is 0.244 e. The maximum atomic E-state index is 11.6. The van der Waals surface area contributed by atoms with Crippen LogP contribution < -0.4 is 5.32 Å². The van der Waals surface area contributed by atoms with E-state index in [4.69, 9.17) is 0 Å². The number of rotatable bonds is 4. The maximum absolute atomic E-state index is 11.6. The number of amides is 1. The Morgan fingerprint density at radius 2 is 2.18 bits per heavy atom. The molecule has 94 valence electrons. The molecule has 4 heteroatoms. The van der Waals surface area contributed by atoms with Crippen LogP contribution in [0, 0.1) is 13.8 Å². The number of aromatic nitrogens is 2. The van der Waals surface area contributed by atoms with Gasteiger partial charge in [0.05, 0.1) is 5.69 Å². The summed E-state index contributed by atoms with van der Waals surface area (Å²) in [7, 11) is 1.90. The van der Waals surface area contributed by atoms with Crippen molar-refractivity contribution in [3.8, 4) is 0 Å². The molecule has 17 heavy (non-hydrogen) atoms. The van der Waals surface area contributed by atoms with Gasteiger partial charge < -0.3 is 5.32 Å². The van der Waals surface area contributed by atoms with Gasteiger partial charge >= 0.3 is 0 Å². The number of nitrogens with zero attached hydrogens (tertiary/aromatic N) is 2. The SMILES string of the molecule is CC[C@@H](C)NC(=O)/C=C/c1c(C)nn(C)c1C. The van der Waals surface area contributed by atoms with Gasteiger partial charge in [-0.2, -0.15) is 5.10 Å². The monoisotopic (exact) mass is 235 g/mol. The Balaban J connectivity index is 2.74. The lowest BCUT2D eigenvalue weighted by molar-refractivity contribution is -0.117. The lowest BCUT2D eigenvalue weighted by Gasteiger charge is -2.08. The molecular weight excluding hydrogens is 214 g/mol. The second-order valence-electron chi connectivity index (χ2n) is 4.36. The molecule has 4 nitrogen and oxygen atoms in total. The number of carbonyl (C=O) groups is 1. The first-order valence-electron chi connectivity index (χ1n) is 5.94. The van der Waals surface area contributed by atoms with Crippen molar-refractivity contribution in [1.29, 1.82) is 0 Å². The molecule has 0 aliphatic carbocycles. The first kappa shape index (κ1) is 13.5. The standard InChI is InChI=1S/C13H21N3O/c1-6-9(2)14-13(17)8-7-12-10(3)15-16(5)11(12)4/h7-9H,6H2,1-5H3,(H,14,17)/b8-7+/t9-/m1/s1. The molecule has 1 heterocycles. The highest BCUT2D eigenvalue weighted by molar-refractivity contribution is 5.92. The van der Waals surface area contributed by atoms with E-state index >= 15 is 0 Å². The summed E-state index contributed by atoms with van der Waals surface area (Å²) >= 11 is 0. The van der Waals surface area contributed by atoms with Crippen LogP contribution >= 0.6 is 0 Å². The van der Waals surface area contributed by atoms with E-state index in [9.17, 15) is 4.79 Å². The minimum atomic E-state index is -0.0537. The zero-order valence-corrected chi connectivity index (χ0v) is 11.2. The van der Waals surface area contributed by atoms with Crippen LogP contribution in [0.1, 0.15) is 37.2 Å². The van der Waals surface area contributed by atoms with Crippen molar-refractivity contribution >= 4 is 12.0 Å². The number of hydrogen-bond acceptors (Lipinski definition) is 2. The Kier molecular flexibility index (Phi) is 4.49. The average molecular weight is 235 g/mol. The molecule has 1 aromatic heterocycles. The quantitative estimate of drug-likeness (QED) is 0.811. The molecule has 0 bridgehead atoms. The molecular formula is C13H21N3O. The van der Waals surface area contributed by atoms with E-state index < -0.39 is 0 Å². The number of aryl methyl sites for hydroxylation is 2. The van der Waals surface area contributed by atoms with E-state index in [1.54, 1.807) is 6.08 Å². The van der Waals surface area contributed by atoms with Gasteiger partial charge in [0.2, 0.25) is 5.91 Å². The third kappa shape index (κ3) is 3.44. The van der Waals surface area contributed by atoms with Crippen molar-refractivity contribution in [3.63, 3.8) is 0 Å². The molecule has 0 aromatic carbocycles. The summed E-state index contributed by atoms with van der Waals surface area (Å²) in [5, 5.41) is 7.19. The summed E-state index contributed by atoms with van der Waals surface area (Å²) in [6.07, 6.45) is 4.34. The molecule has 0 saturated carbocycles. The van der Waals surface area contributed by atoms with Crippen molar-refractivity contribution in [3.05, 3.63) is 23.0 Å². The Morgan fingerprint density at radius 1 is 1.53 bits per heavy atom. The summed E-state index contributed by atoms with van der Waals surface area (Å²) in [5.41, 5.74) is 3.03. The minimum Gasteiger partial charge on any atom is -0.350 e. The van der Waals surface area contributed by atoms with Crippen LogP contribution in [0.3, 0.4) is 0 Å². The van der Waals surface area contributed by atoms with Crippen LogP contribution in [-0.2, 0) is 11.8 Å². The zero-order chi connectivity index (χ0) is 13.0. The third-order valence-electron chi connectivity index (χ3n) is 2.97. The van der Waals surface area contributed by atoms with Crippen molar-refractivity contribution in [2.75, 3.05) is 0 Å². The first-order chi connectivity index (χ1) is 7.95. The molecule has 1 aromatic rings. The highest BCUT2D eigenvalue weighted by atomic mass is 16.1. The minimum absolute atomic E-state index is 0.0537. The third-order valence-corrected chi connectivity index (χ3v) is 2.97. The number of nitrogens with one attached hydrogen (secondary N) is 1. The smallest absolute Gasteiger partial charge is 0.244 e. The summed E-state index contributed by atoms with van der Waals surface area (Å²) in [4.78, 5) is 11.6. The highest BCUT2D eigenvalue weighted by Crippen LogP contribution is 2.13. The highest BCUT2D eigenvalue weighted by Gasteiger charge is 2.07. The van der Waals surface area contributed by atoms with Crippen LogP contribution in [0.15, 0.2) is 6.08 Å². The van der Waals surface area contributed by atoms with E-state index in [2.05, 4.69) is 10.4 Å². The van der Waals surface area contributed by atoms with Gasteiger partial charge in [-0.25, -0.2) is 0 Å². The van der Waals surface area contributed by atoms with Crippen molar-refractivity contribution in [2.24, 2.45) is 7.05 Å². The molecule has 0 fully saturated rings. The van der Waals surface area contributed by atoms with Crippen molar-refractivity contribution in [2.45, 2.75) is 40.2 Å². The topological polar surface area (TPSA) is 46.9 Å². The fourth-order valence-corrected chi connectivity index (χ4v) is 1.58.